The summed E-state index contributed by atoms with van der Waals surface area (Å²) in [5.74, 6) is -0.151. The Bertz CT molecular complexity index is 541. The Kier molecular flexibility index (Phi) is 4.21. The van der Waals surface area contributed by atoms with Crippen molar-refractivity contribution in [3.8, 4) is 0 Å². The third-order valence-electron chi connectivity index (χ3n) is 3.09. The number of carbonyl (C=O) groups is 1. The van der Waals surface area contributed by atoms with Gasteiger partial charge in [0.2, 0.25) is 5.91 Å². The lowest BCUT2D eigenvalue weighted by Crippen LogP contribution is -2.31. The topological polar surface area (TPSA) is 72.5 Å². The molecule has 1 heterocycles. The van der Waals surface area contributed by atoms with E-state index in [0.29, 0.717) is 12.8 Å². The highest BCUT2D eigenvalue weighted by atomic mass is 32.2. The summed E-state index contributed by atoms with van der Waals surface area (Å²) >= 11 is 0. The molecule has 1 N–H and O–H groups in total. The van der Waals surface area contributed by atoms with Crippen molar-refractivity contribution >= 4 is 16.0 Å². The molecule has 2 atom stereocenters. The zero-order valence-electron chi connectivity index (χ0n) is 10.7. The van der Waals surface area contributed by atoms with Gasteiger partial charge in [0.25, 0.3) is 10.1 Å². The van der Waals surface area contributed by atoms with E-state index >= 15 is 0 Å². The molecule has 0 aromatic heterocycles. The predicted molar refractivity (Wildman–Crippen MR) is 71.0 cm³/mol. The van der Waals surface area contributed by atoms with E-state index in [1.807, 2.05) is 30.3 Å². The quantitative estimate of drug-likeness (QED) is 0.808. The van der Waals surface area contributed by atoms with Gasteiger partial charge < -0.3 is 5.32 Å². The minimum absolute atomic E-state index is 0.00978. The summed E-state index contributed by atoms with van der Waals surface area (Å²) in [5, 5.41) is 2.77. The van der Waals surface area contributed by atoms with Crippen LogP contribution in [-0.4, -0.2) is 33.2 Å². The molecule has 0 spiro atoms. The van der Waals surface area contributed by atoms with Gasteiger partial charge in [-0.2, -0.15) is 8.42 Å². The van der Waals surface area contributed by atoms with E-state index in [1.165, 1.54) is 0 Å². The Morgan fingerprint density at radius 3 is 2.63 bits per heavy atom. The first-order chi connectivity index (χ1) is 8.94. The van der Waals surface area contributed by atoms with Crippen LogP contribution in [0.3, 0.4) is 0 Å². The molecule has 1 aliphatic rings. The predicted octanol–water partition coefficient (Wildman–Crippen LogP) is 0.710. The first-order valence-electron chi connectivity index (χ1n) is 6.13. The lowest BCUT2D eigenvalue weighted by Gasteiger charge is -2.09. The summed E-state index contributed by atoms with van der Waals surface area (Å²) in [4.78, 5) is 11.8. The number of hydrogen-bond donors (Lipinski definition) is 1. The molecule has 104 valence electrons. The zero-order chi connectivity index (χ0) is 13.9. The standard InChI is InChI=1S/C13H17NO4S/c1-19(16,17)18-9-12-8-11(13(15)14-12)7-10-5-3-2-4-6-10/h2-6,11-12H,7-9H2,1H3,(H,14,15). The Balaban J connectivity index is 1.89. The molecule has 5 nitrogen and oxygen atoms in total. The van der Waals surface area contributed by atoms with Gasteiger partial charge in [-0.1, -0.05) is 30.3 Å². The molecule has 1 aromatic rings. The summed E-state index contributed by atoms with van der Waals surface area (Å²) in [5.41, 5.74) is 1.10. The van der Waals surface area contributed by atoms with Crippen LogP contribution in [0.5, 0.6) is 0 Å². The van der Waals surface area contributed by atoms with Crippen LogP contribution in [0.1, 0.15) is 12.0 Å². The SMILES string of the molecule is CS(=O)(=O)OCC1CC(Cc2ccccc2)C(=O)N1. The summed E-state index contributed by atoms with van der Waals surface area (Å²) in [6.07, 6.45) is 2.27. The fourth-order valence-electron chi connectivity index (χ4n) is 2.22. The minimum Gasteiger partial charge on any atom is -0.351 e. The van der Waals surface area contributed by atoms with E-state index in [-0.39, 0.29) is 24.5 Å². The molecular weight excluding hydrogens is 266 g/mol. The molecule has 1 aromatic carbocycles. The van der Waals surface area contributed by atoms with Gasteiger partial charge in [0, 0.05) is 5.92 Å². The van der Waals surface area contributed by atoms with Crippen LogP contribution in [0.2, 0.25) is 0 Å². The average molecular weight is 283 g/mol. The number of hydrogen-bond acceptors (Lipinski definition) is 4. The van der Waals surface area contributed by atoms with Crippen molar-refractivity contribution in [2.75, 3.05) is 12.9 Å². The van der Waals surface area contributed by atoms with E-state index in [0.717, 1.165) is 11.8 Å². The highest BCUT2D eigenvalue weighted by Gasteiger charge is 2.32. The summed E-state index contributed by atoms with van der Waals surface area (Å²) in [6.45, 7) is 0.00978. The number of benzene rings is 1. The van der Waals surface area contributed by atoms with E-state index < -0.39 is 10.1 Å². The maximum Gasteiger partial charge on any atom is 0.264 e. The summed E-state index contributed by atoms with van der Waals surface area (Å²) in [6, 6.07) is 9.54. The molecule has 1 fully saturated rings. The highest BCUT2D eigenvalue weighted by molar-refractivity contribution is 7.85. The van der Waals surface area contributed by atoms with Gasteiger partial charge in [-0.25, -0.2) is 0 Å². The van der Waals surface area contributed by atoms with Crippen LogP contribution in [0, 0.1) is 5.92 Å². The number of nitrogens with one attached hydrogen (secondary N) is 1. The van der Waals surface area contributed by atoms with Crippen molar-refractivity contribution in [1.29, 1.82) is 0 Å². The van der Waals surface area contributed by atoms with Crippen molar-refractivity contribution in [2.45, 2.75) is 18.9 Å². The third-order valence-corrected chi connectivity index (χ3v) is 3.66. The van der Waals surface area contributed by atoms with E-state index in [1.54, 1.807) is 0 Å². The van der Waals surface area contributed by atoms with Gasteiger partial charge in [0.05, 0.1) is 18.9 Å². The molecule has 0 radical (unpaired) electrons. The molecule has 2 rings (SSSR count). The molecule has 2 unspecified atom stereocenters. The molecule has 0 aliphatic carbocycles. The van der Waals surface area contributed by atoms with Crippen molar-refractivity contribution in [2.24, 2.45) is 5.92 Å². The van der Waals surface area contributed by atoms with Crippen LogP contribution >= 0.6 is 0 Å². The van der Waals surface area contributed by atoms with Gasteiger partial charge in [0.1, 0.15) is 0 Å². The van der Waals surface area contributed by atoms with E-state index in [4.69, 9.17) is 4.18 Å². The number of amides is 1. The first-order valence-corrected chi connectivity index (χ1v) is 7.94. The maximum absolute atomic E-state index is 11.8. The van der Waals surface area contributed by atoms with Gasteiger partial charge in [-0.05, 0) is 18.4 Å². The van der Waals surface area contributed by atoms with Gasteiger partial charge in [-0.3, -0.25) is 8.98 Å². The monoisotopic (exact) mass is 283 g/mol. The summed E-state index contributed by atoms with van der Waals surface area (Å²) < 4.78 is 26.5. The zero-order valence-corrected chi connectivity index (χ0v) is 11.5. The van der Waals surface area contributed by atoms with Gasteiger partial charge in [-0.15, -0.1) is 0 Å². The lowest BCUT2D eigenvalue weighted by molar-refractivity contribution is -0.122. The second kappa shape index (κ2) is 5.71. The first kappa shape index (κ1) is 14.0. The Hall–Kier alpha value is -1.40. The highest BCUT2D eigenvalue weighted by Crippen LogP contribution is 2.20. The minimum atomic E-state index is -3.46. The smallest absolute Gasteiger partial charge is 0.264 e. The maximum atomic E-state index is 11.8. The van der Waals surface area contributed by atoms with Gasteiger partial charge >= 0.3 is 0 Å². The Morgan fingerprint density at radius 2 is 2.00 bits per heavy atom. The van der Waals surface area contributed by atoms with Crippen LogP contribution < -0.4 is 5.32 Å². The van der Waals surface area contributed by atoms with Crippen LogP contribution in [0.15, 0.2) is 30.3 Å². The van der Waals surface area contributed by atoms with Crippen molar-refractivity contribution in [1.82, 2.24) is 5.32 Å². The molecule has 0 saturated carbocycles. The fraction of sp³-hybridized carbons (Fsp3) is 0.462. The second-order valence-electron chi connectivity index (χ2n) is 4.82. The Labute approximate surface area is 113 Å². The van der Waals surface area contributed by atoms with Crippen LogP contribution in [-0.2, 0) is 25.5 Å². The van der Waals surface area contributed by atoms with Crippen molar-refractivity contribution < 1.29 is 17.4 Å². The molecule has 19 heavy (non-hydrogen) atoms. The van der Waals surface area contributed by atoms with E-state index in [2.05, 4.69) is 5.32 Å². The lowest BCUT2D eigenvalue weighted by atomic mass is 9.96. The molecule has 1 aliphatic heterocycles. The molecule has 6 heteroatoms. The summed E-state index contributed by atoms with van der Waals surface area (Å²) in [7, 11) is -3.46. The van der Waals surface area contributed by atoms with E-state index in [9.17, 15) is 13.2 Å². The molecule has 1 saturated heterocycles. The molecular formula is C13H17NO4S. The second-order valence-corrected chi connectivity index (χ2v) is 6.46. The number of carbonyl (C=O) groups excluding carboxylic acids is 1. The van der Waals surface area contributed by atoms with Crippen LogP contribution in [0.4, 0.5) is 0 Å². The number of rotatable bonds is 5. The average Bonchev–Trinajstić information content (AvgIpc) is 2.68. The van der Waals surface area contributed by atoms with Crippen molar-refractivity contribution in [3.05, 3.63) is 35.9 Å². The largest absolute Gasteiger partial charge is 0.351 e. The fourth-order valence-corrected chi connectivity index (χ4v) is 2.63. The van der Waals surface area contributed by atoms with Gasteiger partial charge in [0.15, 0.2) is 0 Å². The Morgan fingerprint density at radius 1 is 1.32 bits per heavy atom. The van der Waals surface area contributed by atoms with Crippen molar-refractivity contribution in [3.63, 3.8) is 0 Å². The molecule has 1 amide bonds. The molecule has 0 bridgehead atoms. The van der Waals surface area contributed by atoms with Crippen LogP contribution in [0.25, 0.3) is 0 Å². The normalized spacial score (nSPS) is 23.3. The third kappa shape index (κ3) is 4.33.